The minimum atomic E-state index is -0.548. The van der Waals surface area contributed by atoms with Crippen molar-refractivity contribution in [3.05, 3.63) is 95.8 Å². The van der Waals surface area contributed by atoms with Crippen molar-refractivity contribution in [1.82, 2.24) is 5.32 Å². The van der Waals surface area contributed by atoms with Crippen LogP contribution in [0.2, 0.25) is 0 Å². The lowest BCUT2D eigenvalue weighted by atomic mass is 9.81. The van der Waals surface area contributed by atoms with E-state index in [0.29, 0.717) is 12.8 Å². The van der Waals surface area contributed by atoms with Gasteiger partial charge in [-0.05, 0) is 54.4 Å². The highest BCUT2D eigenvalue weighted by atomic mass is 19.1. The van der Waals surface area contributed by atoms with Gasteiger partial charge in [-0.1, -0.05) is 42.5 Å². The van der Waals surface area contributed by atoms with Gasteiger partial charge in [-0.2, -0.15) is 0 Å². The molecule has 33 heavy (non-hydrogen) atoms. The lowest BCUT2D eigenvalue weighted by molar-refractivity contribution is -0.129. The normalized spacial score (nSPS) is 22.5. The molecular weight excluding hydrogens is 421 g/mol. The molecule has 5 nitrogen and oxygen atoms in total. The number of nitrogens with one attached hydrogen (secondary N) is 1. The number of halogens is 1. The first-order valence-corrected chi connectivity index (χ1v) is 11.1. The van der Waals surface area contributed by atoms with Gasteiger partial charge in [0.1, 0.15) is 17.3 Å². The molecule has 3 aromatic carbocycles. The lowest BCUT2D eigenvalue weighted by Gasteiger charge is -2.43. The molecule has 3 atom stereocenters. The lowest BCUT2D eigenvalue weighted by Crippen LogP contribution is -2.51. The summed E-state index contributed by atoms with van der Waals surface area (Å²) in [7, 11) is 0. The summed E-state index contributed by atoms with van der Waals surface area (Å²) >= 11 is 0. The molecule has 172 valence electrons. The molecule has 3 aromatic rings. The van der Waals surface area contributed by atoms with Crippen LogP contribution in [0.3, 0.4) is 0 Å². The quantitative estimate of drug-likeness (QED) is 0.502. The fourth-order valence-electron chi connectivity index (χ4n) is 4.24. The Kier molecular flexibility index (Phi) is 7.06. The Hall–Kier alpha value is -3.22. The number of benzene rings is 3. The predicted molar refractivity (Wildman–Crippen MR) is 123 cm³/mol. The van der Waals surface area contributed by atoms with Gasteiger partial charge in [0, 0.05) is 24.8 Å². The third-order valence-corrected chi connectivity index (χ3v) is 5.85. The van der Waals surface area contributed by atoms with E-state index >= 15 is 0 Å². The molecule has 4 rings (SSSR count). The van der Waals surface area contributed by atoms with Crippen molar-refractivity contribution in [1.29, 1.82) is 0 Å². The number of hydrogen-bond donors (Lipinski definition) is 2. The van der Waals surface area contributed by atoms with Gasteiger partial charge in [0.15, 0.2) is 0 Å². The number of carbonyl (C=O) groups is 1. The largest absolute Gasteiger partial charge is 0.457 e. The van der Waals surface area contributed by atoms with Crippen molar-refractivity contribution in [2.45, 2.75) is 43.9 Å². The number of para-hydroxylation sites is 1. The smallest absolute Gasteiger partial charge is 0.222 e. The molecule has 1 aliphatic rings. The summed E-state index contributed by atoms with van der Waals surface area (Å²) in [5, 5.41) is 12.2. The maximum absolute atomic E-state index is 13.5. The zero-order chi connectivity index (χ0) is 23.3. The van der Waals surface area contributed by atoms with Gasteiger partial charge in [0.05, 0.1) is 18.8 Å². The van der Waals surface area contributed by atoms with E-state index in [1.165, 1.54) is 12.1 Å². The molecule has 0 aromatic heterocycles. The Morgan fingerprint density at radius 3 is 2.09 bits per heavy atom. The van der Waals surface area contributed by atoms with Gasteiger partial charge in [-0.25, -0.2) is 4.39 Å². The van der Waals surface area contributed by atoms with Gasteiger partial charge >= 0.3 is 0 Å². The number of carbonyl (C=O) groups excluding carboxylic acids is 1. The number of hydrogen-bond acceptors (Lipinski definition) is 4. The summed E-state index contributed by atoms with van der Waals surface area (Å²) in [4.78, 5) is 12.3. The van der Waals surface area contributed by atoms with Crippen LogP contribution in [0.5, 0.6) is 11.5 Å². The molecular formula is C27H28FNO4. The van der Waals surface area contributed by atoms with E-state index in [9.17, 15) is 9.18 Å². The third-order valence-electron chi connectivity index (χ3n) is 5.85. The van der Waals surface area contributed by atoms with Gasteiger partial charge in [-0.3, -0.25) is 4.79 Å². The number of ether oxygens (including phenoxy) is 2. The topological polar surface area (TPSA) is 67.8 Å². The zero-order valence-corrected chi connectivity index (χ0v) is 18.5. The monoisotopic (exact) mass is 449 g/mol. The molecule has 1 fully saturated rings. The molecule has 0 spiro atoms. The number of aliphatic hydroxyl groups is 1. The van der Waals surface area contributed by atoms with Gasteiger partial charge < -0.3 is 19.9 Å². The standard InChI is InChI=1S/C27H28FNO4/c1-27(29-26(31)15-16-30)17-24(19-7-11-21(28)12-8-19)33-25(18-27)20-9-13-23(14-10-20)32-22-5-3-2-4-6-22/h2-14,24-25,30H,15-18H2,1H3,(H,29,31)/t24-,25+,27+/m0/s1. The molecule has 6 heteroatoms. The van der Waals surface area contributed by atoms with Crippen LogP contribution in [0.25, 0.3) is 0 Å². The number of amides is 1. The summed E-state index contributed by atoms with van der Waals surface area (Å²) in [5.74, 6) is 0.966. The van der Waals surface area contributed by atoms with Crippen molar-refractivity contribution in [2.24, 2.45) is 0 Å². The van der Waals surface area contributed by atoms with Crippen LogP contribution in [0, 0.1) is 5.82 Å². The van der Waals surface area contributed by atoms with E-state index in [1.54, 1.807) is 12.1 Å². The molecule has 0 radical (unpaired) electrons. The molecule has 2 N–H and O–H groups in total. The van der Waals surface area contributed by atoms with E-state index in [1.807, 2.05) is 61.5 Å². The van der Waals surface area contributed by atoms with E-state index in [4.69, 9.17) is 14.6 Å². The number of rotatable bonds is 7. The summed E-state index contributed by atoms with van der Waals surface area (Å²) in [6.07, 6.45) is 0.568. The first-order chi connectivity index (χ1) is 15.9. The fraction of sp³-hybridized carbons (Fsp3) is 0.296. The van der Waals surface area contributed by atoms with Crippen molar-refractivity contribution in [2.75, 3.05) is 6.61 Å². The highest BCUT2D eigenvalue weighted by Gasteiger charge is 2.40. The van der Waals surface area contributed by atoms with Crippen LogP contribution in [0.4, 0.5) is 4.39 Å². The van der Waals surface area contributed by atoms with Crippen molar-refractivity contribution in [3.63, 3.8) is 0 Å². The van der Waals surface area contributed by atoms with Gasteiger partial charge in [0.25, 0.3) is 0 Å². The summed E-state index contributed by atoms with van der Waals surface area (Å²) in [6, 6.07) is 23.6. The molecule has 1 saturated heterocycles. The molecule has 0 aliphatic carbocycles. The first-order valence-electron chi connectivity index (χ1n) is 11.1. The van der Waals surface area contributed by atoms with Gasteiger partial charge in [-0.15, -0.1) is 0 Å². The second-order valence-electron chi connectivity index (χ2n) is 8.64. The zero-order valence-electron chi connectivity index (χ0n) is 18.5. The van der Waals surface area contributed by atoms with Crippen LogP contribution in [-0.2, 0) is 9.53 Å². The second kappa shape index (κ2) is 10.1. The molecule has 0 saturated carbocycles. The molecule has 1 aliphatic heterocycles. The van der Waals surface area contributed by atoms with E-state index in [2.05, 4.69) is 5.32 Å². The predicted octanol–water partition coefficient (Wildman–Crippen LogP) is 5.47. The van der Waals surface area contributed by atoms with Crippen LogP contribution in [-0.4, -0.2) is 23.2 Å². The minimum Gasteiger partial charge on any atom is -0.457 e. The Morgan fingerprint density at radius 1 is 0.970 bits per heavy atom. The second-order valence-corrected chi connectivity index (χ2v) is 8.64. The maximum atomic E-state index is 13.5. The fourth-order valence-corrected chi connectivity index (χ4v) is 4.24. The van der Waals surface area contributed by atoms with Gasteiger partial charge in [0.2, 0.25) is 5.91 Å². The minimum absolute atomic E-state index is 0.0495. The highest BCUT2D eigenvalue weighted by Crippen LogP contribution is 2.44. The Bertz CT molecular complexity index is 1060. The molecule has 0 bridgehead atoms. The maximum Gasteiger partial charge on any atom is 0.222 e. The number of aliphatic hydroxyl groups excluding tert-OH is 1. The van der Waals surface area contributed by atoms with Crippen molar-refractivity contribution >= 4 is 5.91 Å². The molecule has 1 heterocycles. The molecule has 0 unspecified atom stereocenters. The Morgan fingerprint density at radius 2 is 1.52 bits per heavy atom. The van der Waals surface area contributed by atoms with E-state index in [0.717, 1.165) is 22.6 Å². The summed E-state index contributed by atoms with van der Waals surface area (Å²) in [5.41, 5.74) is 1.27. The van der Waals surface area contributed by atoms with E-state index in [-0.39, 0.29) is 37.0 Å². The summed E-state index contributed by atoms with van der Waals surface area (Å²) < 4.78 is 25.8. The third kappa shape index (κ3) is 5.97. The SMILES string of the molecule is C[C@@]1(NC(=O)CCO)C[C@@H](c2ccc(F)cc2)O[C@@H](c2ccc(Oc3ccccc3)cc2)C1. The average molecular weight is 450 g/mol. The van der Waals surface area contributed by atoms with Crippen LogP contribution < -0.4 is 10.1 Å². The average Bonchev–Trinajstić information content (AvgIpc) is 2.80. The Balaban J connectivity index is 1.56. The van der Waals surface area contributed by atoms with Crippen LogP contribution >= 0.6 is 0 Å². The Labute approximate surface area is 193 Å². The van der Waals surface area contributed by atoms with Crippen molar-refractivity contribution in [3.8, 4) is 11.5 Å². The first kappa shape index (κ1) is 23.0. The van der Waals surface area contributed by atoms with Crippen LogP contribution in [0.1, 0.15) is 49.5 Å². The van der Waals surface area contributed by atoms with Crippen molar-refractivity contribution < 1.29 is 23.8 Å². The van der Waals surface area contributed by atoms with Crippen LogP contribution in [0.15, 0.2) is 78.9 Å². The molecule has 1 amide bonds. The summed E-state index contributed by atoms with van der Waals surface area (Å²) in [6.45, 7) is 1.79. The highest BCUT2D eigenvalue weighted by molar-refractivity contribution is 5.76. The van der Waals surface area contributed by atoms with E-state index < -0.39 is 5.54 Å².